The van der Waals surface area contributed by atoms with Gasteiger partial charge in [0.25, 0.3) is 0 Å². The minimum Gasteiger partial charge on any atom is -0.414 e. The second-order valence-electron chi connectivity index (χ2n) is 11.8. The molecule has 3 fully saturated rings. The Morgan fingerprint density at radius 1 is 1.07 bits per heavy atom. The molecular weight excluding hydrogens is 392 g/mol. The summed E-state index contributed by atoms with van der Waals surface area (Å²) in [5, 5.41) is 11.1. The number of hydrogen-bond acceptors (Lipinski definition) is 4. The van der Waals surface area contributed by atoms with E-state index < -0.39 is 8.32 Å². The van der Waals surface area contributed by atoms with Gasteiger partial charge in [-0.25, -0.2) is 0 Å². The maximum Gasteiger partial charge on any atom is 0.192 e. The molecule has 1 saturated heterocycles. The Morgan fingerprint density at radius 2 is 1.70 bits per heavy atom. The van der Waals surface area contributed by atoms with Crippen molar-refractivity contribution in [3.8, 4) is 0 Å². The maximum absolute atomic E-state index is 10.8. The molecule has 2 saturated carbocycles. The van der Waals surface area contributed by atoms with E-state index >= 15 is 0 Å². The molecule has 3 aliphatic rings. The lowest BCUT2D eigenvalue weighted by molar-refractivity contribution is -0.272. The molecule has 0 aromatic carbocycles. The van der Waals surface area contributed by atoms with Crippen LogP contribution < -0.4 is 0 Å². The minimum absolute atomic E-state index is 0.209. The van der Waals surface area contributed by atoms with Crippen LogP contribution in [0.4, 0.5) is 0 Å². The minimum atomic E-state index is -1.80. The van der Waals surface area contributed by atoms with Gasteiger partial charge >= 0.3 is 0 Å². The third-order valence-corrected chi connectivity index (χ3v) is 13.6. The van der Waals surface area contributed by atoms with E-state index in [0.717, 1.165) is 38.0 Å². The van der Waals surface area contributed by atoms with Crippen molar-refractivity contribution in [3.63, 3.8) is 0 Å². The predicted octanol–water partition coefficient (Wildman–Crippen LogP) is 6.13. The molecule has 5 unspecified atom stereocenters. The molecule has 5 heteroatoms. The average molecular weight is 441 g/mol. The van der Waals surface area contributed by atoms with Crippen LogP contribution in [0.3, 0.4) is 0 Å². The number of fused-ring (bicyclic) bond motifs is 2. The summed E-state index contributed by atoms with van der Waals surface area (Å²) in [5.41, 5.74) is 0. The molecule has 5 atom stereocenters. The highest BCUT2D eigenvalue weighted by atomic mass is 28.4. The lowest BCUT2D eigenvalue weighted by Gasteiger charge is -2.49. The van der Waals surface area contributed by atoms with Crippen molar-refractivity contribution in [3.05, 3.63) is 0 Å². The zero-order valence-electron chi connectivity index (χ0n) is 20.7. The summed E-state index contributed by atoms with van der Waals surface area (Å²) in [4.78, 5) is 0. The van der Waals surface area contributed by atoms with Crippen LogP contribution in [0.25, 0.3) is 0 Å². The summed E-state index contributed by atoms with van der Waals surface area (Å²) in [6, 6.07) is 0. The molecule has 30 heavy (non-hydrogen) atoms. The second kappa shape index (κ2) is 9.50. The van der Waals surface area contributed by atoms with E-state index in [1.165, 1.54) is 19.3 Å². The van der Waals surface area contributed by atoms with Crippen molar-refractivity contribution in [2.45, 2.75) is 122 Å². The normalized spacial score (nSPS) is 31.9. The highest BCUT2D eigenvalue weighted by molar-refractivity contribution is 6.74. The van der Waals surface area contributed by atoms with E-state index in [1.807, 2.05) is 0 Å². The topological polar surface area (TPSA) is 47.9 Å². The van der Waals surface area contributed by atoms with Crippen LogP contribution in [-0.4, -0.2) is 44.6 Å². The first-order valence-electron chi connectivity index (χ1n) is 12.7. The molecule has 3 rings (SSSR count). The monoisotopic (exact) mass is 440 g/mol. The van der Waals surface area contributed by atoms with E-state index in [2.05, 4.69) is 47.7 Å². The van der Waals surface area contributed by atoms with Gasteiger partial charge < -0.3 is 19.0 Å². The van der Waals surface area contributed by atoms with E-state index in [-0.39, 0.29) is 16.9 Å². The molecule has 0 aromatic heterocycles. The Balaban J connectivity index is 1.60. The van der Waals surface area contributed by atoms with Gasteiger partial charge in [-0.15, -0.1) is 0 Å². The Labute approximate surface area is 186 Å². The van der Waals surface area contributed by atoms with Gasteiger partial charge in [-0.2, -0.15) is 0 Å². The van der Waals surface area contributed by atoms with E-state index in [1.54, 1.807) is 0 Å². The van der Waals surface area contributed by atoms with Crippen LogP contribution in [0.2, 0.25) is 18.1 Å². The van der Waals surface area contributed by atoms with E-state index in [4.69, 9.17) is 13.9 Å². The van der Waals surface area contributed by atoms with Crippen molar-refractivity contribution in [2.75, 3.05) is 13.2 Å². The molecule has 0 amide bonds. The summed E-state index contributed by atoms with van der Waals surface area (Å²) < 4.78 is 18.8. The Bertz CT molecular complexity index is 548. The number of ether oxygens (including phenoxy) is 2. The summed E-state index contributed by atoms with van der Waals surface area (Å²) in [5.74, 6) is 1.79. The van der Waals surface area contributed by atoms with Gasteiger partial charge in [0, 0.05) is 18.4 Å². The molecule has 1 spiro atoms. The highest BCUT2D eigenvalue weighted by Gasteiger charge is 2.64. The van der Waals surface area contributed by atoms with E-state index in [0.29, 0.717) is 37.1 Å². The van der Waals surface area contributed by atoms with Crippen LogP contribution >= 0.6 is 0 Å². The predicted molar refractivity (Wildman–Crippen MR) is 125 cm³/mol. The molecule has 2 aliphatic carbocycles. The molecule has 176 valence electrons. The molecule has 0 bridgehead atoms. The lowest BCUT2D eigenvalue weighted by Crippen LogP contribution is -2.54. The van der Waals surface area contributed by atoms with Crippen molar-refractivity contribution in [1.29, 1.82) is 0 Å². The van der Waals surface area contributed by atoms with Gasteiger partial charge in [0.15, 0.2) is 14.1 Å². The third-order valence-electron chi connectivity index (χ3n) is 9.06. The zero-order chi connectivity index (χ0) is 22.2. The van der Waals surface area contributed by atoms with Gasteiger partial charge in [-0.1, -0.05) is 47.5 Å². The first-order valence-corrected chi connectivity index (χ1v) is 15.6. The molecule has 0 radical (unpaired) electrons. The van der Waals surface area contributed by atoms with Crippen LogP contribution in [0.15, 0.2) is 0 Å². The zero-order valence-corrected chi connectivity index (χ0v) is 21.7. The first kappa shape index (κ1) is 24.7. The van der Waals surface area contributed by atoms with Crippen LogP contribution in [0.1, 0.15) is 86.0 Å². The van der Waals surface area contributed by atoms with Crippen molar-refractivity contribution < 1.29 is 19.0 Å². The fourth-order valence-corrected chi connectivity index (χ4v) is 7.30. The third kappa shape index (κ3) is 5.01. The van der Waals surface area contributed by atoms with Gasteiger partial charge in [-0.3, -0.25) is 0 Å². The van der Waals surface area contributed by atoms with Crippen LogP contribution in [0.5, 0.6) is 0 Å². The molecule has 1 aliphatic heterocycles. The number of aliphatic hydroxyl groups excluding tert-OH is 1. The quantitative estimate of drug-likeness (QED) is 0.415. The molecule has 4 nitrogen and oxygen atoms in total. The molecular formula is C25H48O4Si. The van der Waals surface area contributed by atoms with E-state index in [9.17, 15) is 5.11 Å². The Morgan fingerprint density at radius 3 is 2.27 bits per heavy atom. The van der Waals surface area contributed by atoms with Gasteiger partial charge in [-0.05, 0) is 68.0 Å². The van der Waals surface area contributed by atoms with Gasteiger partial charge in [0.1, 0.15) is 0 Å². The first-order chi connectivity index (χ1) is 14.0. The highest BCUT2D eigenvalue weighted by Crippen LogP contribution is 2.60. The number of rotatable bonds is 10. The fourth-order valence-electron chi connectivity index (χ4n) is 5.87. The summed E-state index contributed by atoms with van der Waals surface area (Å²) in [6.45, 7) is 17.8. The van der Waals surface area contributed by atoms with Crippen LogP contribution in [0, 0.1) is 23.7 Å². The van der Waals surface area contributed by atoms with Crippen molar-refractivity contribution in [1.82, 2.24) is 0 Å². The summed E-state index contributed by atoms with van der Waals surface area (Å²) in [7, 11) is -1.80. The SMILES string of the molecule is CCC(CC)CCC(CCC1C(O)CC2C1CC21OCCO1)O[Si](C)(C)C(C)(C)C. The van der Waals surface area contributed by atoms with Gasteiger partial charge in [0.2, 0.25) is 0 Å². The summed E-state index contributed by atoms with van der Waals surface area (Å²) >= 11 is 0. The van der Waals surface area contributed by atoms with Crippen LogP contribution in [-0.2, 0) is 13.9 Å². The average Bonchev–Trinajstić information content (AvgIpc) is 3.25. The smallest absolute Gasteiger partial charge is 0.192 e. The number of aliphatic hydroxyl groups is 1. The fraction of sp³-hybridized carbons (Fsp3) is 1.00. The maximum atomic E-state index is 10.8. The van der Waals surface area contributed by atoms with Crippen molar-refractivity contribution in [2.24, 2.45) is 23.7 Å². The molecule has 0 aromatic rings. The largest absolute Gasteiger partial charge is 0.414 e. The Kier molecular flexibility index (Phi) is 7.82. The molecule has 1 N–H and O–H groups in total. The van der Waals surface area contributed by atoms with Gasteiger partial charge in [0.05, 0.1) is 19.3 Å². The Hall–Kier alpha value is 0.0569. The second-order valence-corrected chi connectivity index (χ2v) is 16.5. The number of hydrogen-bond donors (Lipinski definition) is 1. The van der Waals surface area contributed by atoms with Crippen molar-refractivity contribution >= 4 is 8.32 Å². The lowest BCUT2D eigenvalue weighted by atomic mass is 9.66. The molecule has 1 heterocycles. The summed E-state index contributed by atoms with van der Waals surface area (Å²) in [6.07, 6.45) is 9.02. The standard InChI is InChI=1S/C25H48O4Si/c1-8-18(9-2)10-11-19(29-30(6,7)24(3,4)5)12-13-20-21-17-25(27-14-15-28-25)22(21)16-23(20)26/h18-23,26H,8-17H2,1-7H3.